The fraction of sp³-hybridized carbons (Fsp3) is 0.379. The molecule has 11 heteroatoms. The molecule has 3 aliphatic heterocycles. The Morgan fingerprint density at radius 3 is 2.67 bits per heavy atom. The van der Waals surface area contributed by atoms with Crippen LogP contribution in [0.25, 0.3) is 0 Å². The lowest BCUT2D eigenvalue weighted by molar-refractivity contribution is -0.172. The molecule has 0 saturated heterocycles. The van der Waals surface area contributed by atoms with Crippen molar-refractivity contribution in [1.29, 1.82) is 0 Å². The zero-order valence-electron chi connectivity index (χ0n) is 21.9. The predicted molar refractivity (Wildman–Crippen MR) is 145 cm³/mol. The second-order valence-corrected chi connectivity index (χ2v) is 11.5. The van der Waals surface area contributed by atoms with E-state index in [1.165, 1.54) is 21.2 Å². The number of carbonyl (C=O) groups is 1. The molecular formula is C29H28F3N3O4S. The molecule has 2 unspecified atom stereocenters. The summed E-state index contributed by atoms with van der Waals surface area (Å²) in [6.07, 6.45) is -3.37. The van der Waals surface area contributed by atoms with Crippen LogP contribution >= 0.6 is 11.8 Å². The number of aromatic nitrogens is 1. The highest BCUT2D eigenvalue weighted by Gasteiger charge is 2.45. The number of nitrogens with one attached hydrogen (secondary N) is 1. The number of fused-ring (bicyclic) bond motifs is 5. The summed E-state index contributed by atoms with van der Waals surface area (Å²) in [6.45, 7) is 2.56. The standard InChI is InChI=1S/C29H28F3N3O4S/c1-15-19-7-3-4-9-23(19)40-13-18-11-10-17-6-5-8-22(39-27(17)24(15)18)20-12-21(36)26(37)25-28(38)34(14-33-35(20)25)16(2)29(30,31)32/h3-4,7,9-12,15-16,22,33,37H,5-6,8,13-14H2,1-2H3/t15-,16?,22?/m1/s1. The number of thioether (sulfide) groups is 1. The summed E-state index contributed by atoms with van der Waals surface area (Å²) in [5.74, 6) is -0.414. The molecule has 0 saturated carbocycles. The number of nitrogens with zero attached hydrogens (tertiary/aromatic N) is 2. The Labute approximate surface area is 232 Å². The van der Waals surface area contributed by atoms with E-state index in [0.29, 0.717) is 11.3 Å². The molecule has 0 bridgehead atoms. The molecule has 0 radical (unpaired) electrons. The minimum absolute atomic E-state index is 0.0449. The van der Waals surface area contributed by atoms with Crippen LogP contribution in [-0.4, -0.2) is 39.5 Å². The Balaban J connectivity index is 1.44. The van der Waals surface area contributed by atoms with E-state index in [9.17, 15) is 27.9 Å². The Hall–Kier alpha value is -3.60. The van der Waals surface area contributed by atoms with Gasteiger partial charge in [0, 0.05) is 28.2 Å². The van der Waals surface area contributed by atoms with Gasteiger partial charge in [-0.2, -0.15) is 13.2 Å². The number of benzene rings is 2. The Morgan fingerprint density at radius 1 is 1.15 bits per heavy atom. The highest BCUT2D eigenvalue weighted by Crippen LogP contribution is 2.47. The first-order valence-electron chi connectivity index (χ1n) is 13.2. The predicted octanol–water partition coefficient (Wildman–Crippen LogP) is 5.68. The lowest BCUT2D eigenvalue weighted by Crippen LogP contribution is -2.55. The molecule has 2 N–H and O–H groups in total. The minimum Gasteiger partial charge on any atom is -0.502 e. The van der Waals surface area contributed by atoms with Gasteiger partial charge in [0.1, 0.15) is 24.6 Å². The number of ether oxygens (including phenoxy) is 1. The van der Waals surface area contributed by atoms with Crippen molar-refractivity contribution in [2.24, 2.45) is 0 Å². The number of aromatic hydroxyl groups is 1. The Kier molecular flexibility index (Phi) is 6.52. The van der Waals surface area contributed by atoms with Crippen molar-refractivity contribution in [2.75, 3.05) is 12.1 Å². The number of alkyl halides is 3. The van der Waals surface area contributed by atoms with Gasteiger partial charge >= 0.3 is 6.18 Å². The number of halogens is 3. The summed E-state index contributed by atoms with van der Waals surface area (Å²) in [5.41, 5.74) is 6.20. The van der Waals surface area contributed by atoms with Gasteiger partial charge in [0.15, 0.2) is 11.4 Å². The molecule has 0 aliphatic carbocycles. The molecule has 1 aromatic heterocycles. The molecule has 0 spiro atoms. The maximum atomic E-state index is 13.4. The van der Waals surface area contributed by atoms with Gasteiger partial charge in [0.2, 0.25) is 5.43 Å². The van der Waals surface area contributed by atoms with Gasteiger partial charge in [-0.3, -0.25) is 9.59 Å². The van der Waals surface area contributed by atoms with Crippen molar-refractivity contribution in [3.8, 4) is 11.5 Å². The Bertz CT molecular complexity index is 1570. The summed E-state index contributed by atoms with van der Waals surface area (Å²) < 4.78 is 48.2. The van der Waals surface area contributed by atoms with Crippen LogP contribution in [0, 0.1) is 0 Å². The SMILES string of the molecule is CC(N1CNn2c(C3CCCc4ccc5c(c4O3)[C@H](C)c3ccccc3SC5)cc(=O)c(O)c2C1=O)C(F)(F)F. The molecule has 210 valence electrons. The lowest BCUT2D eigenvalue weighted by atomic mass is 9.87. The third kappa shape index (κ3) is 4.31. The number of carbonyl (C=O) groups excluding carboxylic acids is 1. The number of hydrogen-bond acceptors (Lipinski definition) is 6. The maximum Gasteiger partial charge on any atom is 0.408 e. The number of hydrogen-bond donors (Lipinski definition) is 2. The second kappa shape index (κ2) is 9.79. The fourth-order valence-corrected chi connectivity index (χ4v) is 7.01. The van der Waals surface area contributed by atoms with E-state index in [1.807, 2.05) is 12.1 Å². The van der Waals surface area contributed by atoms with Crippen molar-refractivity contribution in [1.82, 2.24) is 9.58 Å². The van der Waals surface area contributed by atoms with Crippen LogP contribution in [-0.2, 0) is 12.2 Å². The monoisotopic (exact) mass is 571 g/mol. The van der Waals surface area contributed by atoms with E-state index >= 15 is 0 Å². The summed E-state index contributed by atoms with van der Waals surface area (Å²) >= 11 is 1.77. The van der Waals surface area contributed by atoms with Gasteiger partial charge in [-0.05, 0) is 48.9 Å². The van der Waals surface area contributed by atoms with Crippen LogP contribution < -0.4 is 15.6 Å². The average molecular weight is 572 g/mol. The van der Waals surface area contributed by atoms with Gasteiger partial charge in [-0.25, -0.2) is 4.68 Å². The molecule has 3 atom stereocenters. The fourth-order valence-electron chi connectivity index (χ4n) is 5.86. The van der Waals surface area contributed by atoms with Crippen LogP contribution in [0.3, 0.4) is 0 Å². The molecule has 4 heterocycles. The second-order valence-electron chi connectivity index (χ2n) is 10.4. The number of aryl methyl sites for hydroxylation is 1. The molecule has 3 aliphatic rings. The van der Waals surface area contributed by atoms with Crippen molar-refractivity contribution in [2.45, 2.75) is 68.0 Å². The van der Waals surface area contributed by atoms with Crippen LogP contribution in [0.2, 0.25) is 0 Å². The van der Waals surface area contributed by atoms with E-state index in [1.54, 1.807) is 11.8 Å². The smallest absolute Gasteiger partial charge is 0.408 e. The molecule has 7 nitrogen and oxygen atoms in total. The first-order valence-corrected chi connectivity index (χ1v) is 14.2. The third-order valence-electron chi connectivity index (χ3n) is 8.09. The maximum absolute atomic E-state index is 13.4. The van der Waals surface area contributed by atoms with E-state index in [-0.39, 0.29) is 11.6 Å². The van der Waals surface area contributed by atoms with Gasteiger partial charge in [-0.15, -0.1) is 11.8 Å². The highest BCUT2D eigenvalue weighted by atomic mass is 32.2. The number of amides is 1. The lowest BCUT2D eigenvalue weighted by Gasteiger charge is -2.37. The molecule has 6 rings (SSSR count). The van der Waals surface area contributed by atoms with Crippen molar-refractivity contribution >= 4 is 17.7 Å². The highest BCUT2D eigenvalue weighted by molar-refractivity contribution is 7.98. The molecule has 2 aromatic carbocycles. The van der Waals surface area contributed by atoms with Crippen LogP contribution in [0.4, 0.5) is 13.2 Å². The van der Waals surface area contributed by atoms with Gasteiger partial charge in [0.25, 0.3) is 5.91 Å². The average Bonchev–Trinajstić information content (AvgIpc) is 3.22. The van der Waals surface area contributed by atoms with Crippen LogP contribution in [0.15, 0.2) is 52.2 Å². The largest absolute Gasteiger partial charge is 0.502 e. The van der Waals surface area contributed by atoms with Gasteiger partial charge in [-0.1, -0.05) is 37.3 Å². The quantitative estimate of drug-likeness (QED) is 0.412. The zero-order valence-corrected chi connectivity index (χ0v) is 22.7. The van der Waals surface area contributed by atoms with E-state index < -0.39 is 47.8 Å². The molecule has 40 heavy (non-hydrogen) atoms. The summed E-state index contributed by atoms with van der Waals surface area (Å²) in [5, 5.41) is 10.5. The van der Waals surface area contributed by atoms with Crippen LogP contribution in [0.1, 0.15) is 77.1 Å². The molecule has 0 fully saturated rings. The zero-order chi connectivity index (χ0) is 28.3. The number of pyridine rings is 1. The first kappa shape index (κ1) is 26.6. The number of rotatable bonds is 2. The Morgan fingerprint density at radius 2 is 1.90 bits per heavy atom. The first-order chi connectivity index (χ1) is 19.1. The molecule has 3 aromatic rings. The van der Waals surface area contributed by atoms with Crippen molar-refractivity contribution in [3.05, 3.63) is 86.3 Å². The van der Waals surface area contributed by atoms with E-state index in [4.69, 9.17) is 4.74 Å². The molecular weight excluding hydrogens is 543 g/mol. The third-order valence-corrected chi connectivity index (χ3v) is 9.23. The van der Waals surface area contributed by atoms with E-state index in [2.05, 4.69) is 36.6 Å². The minimum atomic E-state index is -4.67. The molecule has 1 amide bonds. The van der Waals surface area contributed by atoms with Gasteiger partial charge in [0.05, 0.1) is 5.69 Å². The summed E-state index contributed by atoms with van der Waals surface area (Å²) in [7, 11) is 0. The topological polar surface area (TPSA) is 83.8 Å². The summed E-state index contributed by atoms with van der Waals surface area (Å²) in [6, 6.07) is 11.6. The van der Waals surface area contributed by atoms with Crippen LogP contribution in [0.5, 0.6) is 11.5 Å². The van der Waals surface area contributed by atoms with E-state index in [0.717, 1.165) is 48.0 Å². The van der Waals surface area contributed by atoms with Crippen molar-refractivity contribution in [3.63, 3.8) is 0 Å². The normalized spacial score (nSPS) is 21.0. The van der Waals surface area contributed by atoms with Gasteiger partial charge < -0.3 is 20.2 Å². The summed E-state index contributed by atoms with van der Waals surface area (Å²) in [4.78, 5) is 27.8. The van der Waals surface area contributed by atoms with Crippen molar-refractivity contribution < 1.29 is 27.8 Å².